The highest BCUT2D eigenvalue weighted by atomic mass is 32.1. The summed E-state index contributed by atoms with van der Waals surface area (Å²) in [6, 6.07) is 41.9. The molecule has 0 amide bonds. The van der Waals surface area contributed by atoms with E-state index in [2.05, 4.69) is 83.4 Å². The molecule has 5 aromatic carbocycles. The van der Waals surface area contributed by atoms with E-state index in [0.29, 0.717) is 17.6 Å². The van der Waals surface area contributed by atoms with E-state index in [-0.39, 0.29) is 0 Å². The molecule has 0 unspecified atom stereocenters. The van der Waals surface area contributed by atoms with Crippen LogP contribution < -0.4 is 0 Å². The minimum atomic E-state index is 0.603. The topological polar surface area (TPSA) is 56.5 Å². The van der Waals surface area contributed by atoms with E-state index in [1.54, 1.807) is 11.3 Å². The summed E-state index contributed by atoms with van der Waals surface area (Å²) in [7, 11) is 0. The molecule has 0 spiro atoms. The lowest BCUT2D eigenvalue weighted by Crippen LogP contribution is -2.06. The second-order valence-electron chi connectivity index (χ2n) is 11.1. The minimum Gasteiger partial charge on any atom is -0.276 e. The van der Waals surface area contributed by atoms with E-state index in [9.17, 15) is 0 Å². The lowest BCUT2D eigenvalue weighted by molar-refractivity contribution is 0.955. The Kier molecular flexibility index (Phi) is 5.25. The number of benzene rings is 5. The van der Waals surface area contributed by atoms with Crippen molar-refractivity contribution in [3.63, 3.8) is 0 Å². The van der Waals surface area contributed by atoms with Crippen LogP contribution in [0.5, 0.6) is 0 Å². The van der Waals surface area contributed by atoms with Crippen molar-refractivity contribution in [2.75, 3.05) is 0 Å². The van der Waals surface area contributed by atoms with Gasteiger partial charge < -0.3 is 0 Å². The van der Waals surface area contributed by atoms with Gasteiger partial charge in [-0.05, 0) is 24.3 Å². The van der Waals surface area contributed by atoms with Gasteiger partial charge in [-0.25, -0.2) is 9.97 Å². The van der Waals surface area contributed by atoms with Gasteiger partial charge in [0.1, 0.15) is 4.83 Å². The van der Waals surface area contributed by atoms with Gasteiger partial charge in [-0.15, -0.1) is 22.7 Å². The van der Waals surface area contributed by atoms with Crippen molar-refractivity contribution < 1.29 is 0 Å². The third-order valence-electron chi connectivity index (χ3n) is 8.52. The van der Waals surface area contributed by atoms with Crippen molar-refractivity contribution in [2.24, 2.45) is 0 Å². The van der Waals surface area contributed by atoms with Crippen molar-refractivity contribution in [1.29, 1.82) is 0 Å². The molecule has 0 aliphatic heterocycles. The molecular formula is C38H21N5S2. The minimum absolute atomic E-state index is 0.603. The van der Waals surface area contributed by atoms with Crippen LogP contribution in [0.4, 0.5) is 0 Å². The summed E-state index contributed by atoms with van der Waals surface area (Å²) >= 11 is 3.60. The second-order valence-corrected chi connectivity index (χ2v) is 13.1. The zero-order chi connectivity index (χ0) is 29.5. The van der Waals surface area contributed by atoms with Crippen molar-refractivity contribution in [3.8, 4) is 28.7 Å². The largest absolute Gasteiger partial charge is 0.276 e. The third-order valence-corrected chi connectivity index (χ3v) is 10.8. The molecule has 5 heterocycles. The van der Waals surface area contributed by atoms with Crippen molar-refractivity contribution in [2.45, 2.75) is 0 Å². The Labute approximate surface area is 264 Å². The van der Waals surface area contributed by atoms with Crippen molar-refractivity contribution in [1.82, 2.24) is 24.5 Å². The predicted molar refractivity (Wildman–Crippen MR) is 189 cm³/mol. The SMILES string of the molecule is c1ccc(-c2nc(-c3ccccc3)nc(-n3c4ccccc4c4c5sc6ncccc6c5c5c6ccccc6sc5c43)n2)cc1. The van der Waals surface area contributed by atoms with Gasteiger partial charge >= 0.3 is 0 Å². The summed E-state index contributed by atoms with van der Waals surface area (Å²) < 4.78 is 5.99. The van der Waals surface area contributed by atoms with Crippen LogP contribution in [0.2, 0.25) is 0 Å². The van der Waals surface area contributed by atoms with Gasteiger partial charge in [0.05, 0.1) is 15.7 Å². The smallest absolute Gasteiger partial charge is 0.238 e. The molecule has 45 heavy (non-hydrogen) atoms. The lowest BCUT2D eigenvalue weighted by atomic mass is 10.0. The molecule has 0 N–H and O–H groups in total. The monoisotopic (exact) mass is 611 g/mol. The Morgan fingerprint density at radius 2 is 1.11 bits per heavy atom. The number of hydrogen-bond acceptors (Lipinski definition) is 6. The second kappa shape index (κ2) is 9.50. The molecular weight excluding hydrogens is 591 g/mol. The van der Waals surface area contributed by atoms with Crippen LogP contribution in [-0.4, -0.2) is 24.5 Å². The summed E-state index contributed by atoms with van der Waals surface area (Å²) in [6.07, 6.45) is 1.89. The Hall–Kier alpha value is -5.50. The van der Waals surface area contributed by atoms with Crippen LogP contribution >= 0.6 is 22.7 Å². The third kappa shape index (κ3) is 3.59. The summed E-state index contributed by atoms with van der Waals surface area (Å²) in [4.78, 5) is 21.2. The number of thiophene rings is 2. The van der Waals surface area contributed by atoms with E-state index in [4.69, 9.17) is 19.9 Å². The molecule has 5 aromatic heterocycles. The van der Waals surface area contributed by atoms with Gasteiger partial charge in [0.25, 0.3) is 0 Å². The van der Waals surface area contributed by atoms with Crippen LogP contribution in [-0.2, 0) is 0 Å². The average molecular weight is 612 g/mol. The number of pyridine rings is 1. The summed E-state index contributed by atoms with van der Waals surface area (Å²) in [6.45, 7) is 0. The fraction of sp³-hybridized carbons (Fsp3) is 0. The summed E-state index contributed by atoms with van der Waals surface area (Å²) in [5.74, 6) is 1.89. The highest BCUT2D eigenvalue weighted by molar-refractivity contribution is 7.29. The maximum absolute atomic E-state index is 5.19. The van der Waals surface area contributed by atoms with Gasteiger partial charge in [-0.1, -0.05) is 97.1 Å². The number of hydrogen-bond donors (Lipinski definition) is 0. The summed E-state index contributed by atoms with van der Waals surface area (Å²) in [5.41, 5.74) is 4.08. The first-order chi connectivity index (χ1) is 22.3. The Bertz CT molecular complexity index is 2700. The number of rotatable bonds is 3. The fourth-order valence-corrected chi connectivity index (χ4v) is 9.07. The van der Waals surface area contributed by atoms with Crippen molar-refractivity contribution in [3.05, 3.63) is 128 Å². The first kappa shape index (κ1) is 24.9. The molecule has 5 nitrogen and oxygen atoms in total. The number of fused-ring (bicyclic) bond motifs is 12. The van der Waals surface area contributed by atoms with Gasteiger partial charge in [0.15, 0.2) is 11.6 Å². The molecule has 0 fully saturated rings. The van der Waals surface area contributed by atoms with E-state index >= 15 is 0 Å². The van der Waals surface area contributed by atoms with Crippen LogP contribution in [0.25, 0.3) is 91.0 Å². The van der Waals surface area contributed by atoms with Crippen LogP contribution in [0.15, 0.2) is 128 Å². The average Bonchev–Trinajstić information content (AvgIpc) is 3.78. The van der Waals surface area contributed by atoms with Crippen LogP contribution in [0, 0.1) is 0 Å². The zero-order valence-electron chi connectivity index (χ0n) is 23.7. The van der Waals surface area contributed by atoms with Crippen LogP contribution in [0.1, 0.15) is 0 Å². The number of aromatic nitrogens is 5. The lowest BCUT2D eigenvalue weighted by Gasteiger charge is -2.11. The first-order valence-corrected chi connectivity index (χ1v) is 16.4. The standard InChI is InChI=1S/C38H21N5S2/c1-3-12-22(13-4-1)35-40-36(23-14-5-2-6-15-23)42-38(41-35)43-27-19-9-7-16-24(27)31-32(43)34-29(25-17-8-10-20-28(25)44-34)30-26-18-11-21-39-37(26)45-33(30)31/h1-21H. The number of para-hydroxylation sites is 1. The molecule has 0 bridgehead atoms. The quantitative estimate of drug-likeness (QED) is 0.199. The molecule has 0 saturated heterocycles. The van der Waals surface area contributed by atoms with Gasteiger partial charge in [-0.2, -0.15) is 9.97 Å². The highest BCUT2D eigenvalue weighted by Gasteiger charge is 2.26. The maximum Gasteiger partial charge on any atom is 0.238 e. The Morgan fingerprint density at radius 1 is 0.489 bits per heavy atom. The van der Waals surface area contributed by atoms with Gasteiger partial charge in [0.2, 0.25) is 5.95 Å². The molecule has 0 radical (unpaired) electrons. The Balaban J connectivity index is 1.44. The van der Waals surface area contributed by atoms with E-state index < -0.39 is 0 Å². The van der Waals surface area contributed by atoms with E-state index in [1.807, 2.05) is 60.0 Å². The zero-order valence-corrected chi connectivity index (χ0v) is 25.3. The van der Waals surface area contributed by atoms with Crippen LogP contribution in [0.3, 0.4) is 0 Å². The molecule has 0 aliphatic carbocycles. The molecule has 0 saturated carbocycles. The molecule has 10 rings (SSSR count). The Morgan fingerprint density at radius 3 is 1.87 bits per heavy atom. The molecule has 7 heteroatoms. The first-order valence-electron chi connectivity index (χ1n) is 14.7. The molecule has 210 valence electrons. The molecule has 0 atom stereocenters. The predicted octanol–water partition coefficient (Wildman–Crippen LogP) is 10.4. The molecule has 0 aliphatic rings. The van der Waals surface area contributed by atoms with E-state index in [1.165, 1.54) is 46.4 Å². The normalized spacial score (nSPS) is 12.0. The van der Waals surface area contributed by atoms with E-state index in [0.717, 1.165) is 27.0 Å². The highest BCUT2D eigenvalue weighted by Crippen LogP contribution is 2.51. The van der Waals surface area contributed by atoms with Crippen molar-refractivity contribution >= 4 is 85.0 Å². The summed E-state index contributed by atoms with van der Waals surface area (Å²) in [5, 5.41) is 7.38. The molecule has 10 aromatic rings. The fourth-order valence-electron chi connectivity index (χ4n) is 6.61. The maximum atomic E-state index is 5.19. The van der Waals surface area contributed by atoms with Gasteiger partial charge in [0, 0.05) is 59.0 Å². The van der Waals surface area contributed by atoms with Gasteiger partial charge in [-0.3, -0.25) is 4.57 Å². The number of nitrogens with zero attached hydrogens (tertiary/aromatic N) is 5.